The molecule has 110 valence electrons. The lowest BCUT2D eigenvalue weighted by Crippen LogP contribution is -2.34. The average molecular weight is 319 g/mol. The number of amides is 2. The van der Waals surface area contributed by atoms with Crippen molar-refractivity contribution in [2.75, 3.05) is 20.2 Å². The number of benzene rings is 1. The summed E-state index contributed by atoms with van der Waals surface area (Å²) in [5.74, 6) is 0.0996. The van der Waals surface area contributed by atoms with Gasteiger partial charge in [-0.2, -0.15) is 0 Å². The Hall–Kier alpha value is -1.46. The van der Waals surface area contributed by atoms with E-state index in [1.165, 1.54) is 14.0 Å². The highest BCUT2D eigenvalue weighted by molar-refractivity contribution is 6.35. The maximum absolute atomic E-state index is 11.8. The van der Waals surface area contributed by atoms with E-state index in [-0.39, 0.29) is 18.2 Å². The first-order valence-electron chi connectivity index (χ1n) is 5.97. The van der Waals surface area contributed by atoms with Gasteiger partial charge in [-0.3, -0.25) is 9.59 Å². The van der Waals surface area contributed by atoms with Crippen molar-refractivity contribution in [3.63, 3.8) is 0 Å². The van der Waals surface area contributed by atoms with E-state index in [1.54, 1.807) is 12.1 Å². The van der Waals surface area contributed by atoms with E-state index < -0.39 is 0 Å². The molecule has 1 rings (SSSR count). The molecule has 0 aliphatic heterocycles. The quantitative estimate of drug-likeness (QED) is 0.786. The number of carbonyl (C=O) groups is 2. The van der Waals surface area contributed by atoms with E-state index in [4.69, 9.17) is 27.9 Å². The summed E-state index contributed by atoms with van der Waals surface area (Å²) in [4.78, 5) is 22.5. The molecule has 0 bridgehead atoms. The Bertz CT molecular complexity index is 507. The monoisotopic (exact) mass is 318 g/mol. The summed E-state index contributed by atoms with van der Waals surface area (Å²) < 4.78 is 5.16. The molecule has 0 aliphatic rings. The summed E-state index contributed by atoms with van der Waals surface area (Å²) in [5, 5.41) is 6.07. The summed E-state index contributed by atoms with van der Waals surface area (Å²) in [5.41, 5.74) is 0.613. The minimum Gasteiger partial charge on any atom is -0.495 e. The van der Waals surface area contributed by atoms with Crippen LogP contribution < -0.4 is 15.4 Å². The number of hydrogen-bond acceptors (Lipinski definition) is 3. The SMILES string of the molecule is COc1c(Cl)cc(Cl)cc1CC(=O)NCCNC(C)=O. The molecule has 0 aliphatic carbocycles. The Kier molecular flexibility index (Phi) is 6.61. The number of methoxy groups -OCH3 is 1. The topological polar surface area (TPSA) is 67.4 Å². The molecule has 2 N–H and O–H groups in total. The molecule has 0 radical (unpaired) electrons. The van der Waals surface area contributed by atoms with Crippen LogP contribution in [0.2, 0.25) is 10.0 Å². The van der Waals surface area contributed by atoms with E-state index in [0.717, 1.165) is 0 Å². The molecule has 0 saturated carbocycles. The van der Waals surface area contributed by atoms with Gasteiger partial charge in [-0.05, 0) is 12.1 Å². The summed E-state index contributed by atoms with van der Waals surface area (Å²) in [6, 6.07) is 3.19. The van der Waals surface area contributed by atoms with Crippen molar-refractivity contribution < 1.29 is 14.3 Å². The first-order valence-corrected chi connectivity index (χ1v) is 6.72. The molecule has 7 heteroatoms. The molecule has 0 spiro atoms. The molecule has 1 aromatic rings. The molecular weight excluding hydrogens is 303 g/mol. The second-order valence-electron chi connectivity index (χ2n) is 4.09. The van der Waals surface area contributed by atoms with Crippen molar-refractivity contribution in [1.29, 1.82) is 0 Å². The standard InChI is InChI=1S/C13H16Cl2N2O3/c1-8(18)16-3-4-17-12(19)6-9-5-10(14)7-11(15)13(9)20-2/h5,7H,3-4,6H2,1-2H3,(H,16,18)(H,17,19). The third-order valence-electron chi connectivity index (χ3n) is 2.46. The van der Waals surface area contributed by atoms with Crippen LogP contribution in [0.25, 0.3) is 0 Å². The fraction of sp³-hybridized carbons (Fsp3) is 0.385. The Morgan fingerprint density at radius 1 is 1.20 bits per heavy atom. The Morgan fingerprint density at radius 3 is 2.45 bits per heavy atom. The van der Waals surface area contributed by atoms with E-state index in [9.17, 15) is 9.59 Å². The maximum Gasteiger partial charge on any atom is 0.224 e. The normalized spacial score (nSPS) is 10.0. The van der Waals surface area contributed by atoms with Gasteiger partial charge in [0.05, 0.1) is 18.6 Å². The lowest BCUT2D eigenvalue weighted by atomic mass is 10.1. The number of nitrogens with one attached hydrogen (secondary N) is 2. The van der Waals surface area contributed by atoms with Crippen LogP contribution in [0.1, 0.15) is 12.5 Å². The van der Waals surface area contributed by atoms with E-state index in [2.05, 4.69) is 10.6 Å². The van der Waals surface area contributed by atoms with Crippen molar-refractivity contribution in [2.45, 2.75) is 13.3 Å². The van der Waals surface area contributed by atoms with Crippen molar-refractivity contribution in [1.82, 2.24) is 10.6 Å². The highest BCUT2D eigenvalue weighted by atomic mass is 35.5. The zero-order chi connectivity index (χ0) is 15.1. The third kappa shape index (κ3) is 5.27. The summed E-state index contributed by atoms with van der Waals surface area (Å²) >= 11 is 11.9. The van der Waals surface area contributed by atoms with Crippen LogP contribution in [0.3, 0.4) is 0 Å². The van der Waals surface area contributed by atoms with Crippen LogP contribution in [0.4, 0.5) is 0 Å². The summed E-state index contributed by atoms with van der Waals surface area (Å²) in [7, 11) is 1.48. The van der Waals surface area contributed by atoms with Crippen molar-refractivity contribution in [3.8, 4) is 5.75 Å². The molecule has 0 saturated heterocycles. The van der Waals surface area contributed by atoms with E-state index >= 15 is 0 Å². The first kappa shape index (κ1) is 16.6. The van der Waals surface area contributed by atoms with E-state index in [0.29, 0.717) is 34.4 Å². The highest BCUT2D eigenvalue weighted by Crippen LogP contribution is 2.32. The molecule has 0 fully saturated rings. The summed E-state index contributed by atoms with van der Waals surface area (Å²) in [6.45, 7) is 2.16. The van der Waals surface area contributed by atoms with Gasteiger partial charge >= 0.3 is 0 Å². The fourth-order valence-corrected chi connectivity index (χ4v) is 2.26. The molecular formula is C13H16Cl2N2O3. The van der Waals surface area contributed by atoms with Gasteiger partial charge < -0.3 is 15.4 Å². The van der Waals surface area contributed by atoms with Crippen LogP contribution in [0, 0.1) is 0 Å². The van der Waals surface area contributed by atoms with Crippen LogP contribution >= 0.6 is 23.2 Å². The lowest BCUT2D eigenvalue weighted by molar-refractivity contribution is -0.121. The van der Waals surface area contributed by atoms with Gasteiger partial charge in [0.15, 0.2) is 0 Å². The predicted molar refractivity (Wildman–Crippen MR) is 78.4 cm³/mol. The predicted octanol–water partition coefficient (Wildman–Crippen LogP) is 1.80. The van der Waals surface area contributed by atoms with Gasteiger partial charge in [-0.15, -0.1) is 0 Å². The van der Waals surface area contributed by atoms with Crippen molar-refractivity contribution in [2.24, 2.45) is 0 Å². The second-order valence-corrected chi connectivity index (χ2v) is 4.93. The Labute approximate surface area is 127 Å². The van der Waals surface area contributed by atoms with E-state index in [1.807, 2.05) is 0 Å². The fourth-order valence-electron chi connectivity index (χ4n) is 1.65. The number of hydrogen-bond donors (Lipinski definition) is 2. The van der Waals surface area contributed by atoms with Gasteiger partial charge in [0, 0.05) is 30.6 Å². The molecule has 0 heterocycles. The second kappa shape index (κ2) is 7.97. The van der Waals surface area contributed by atoms with Crippen LogP contribution in [-0.4, -0.2) is 32.0 Å². The zero-order valence-corrected chi connectivity index (χ0v) is 12.8. The number of carbonyl (C=O) groups excluding carboxylic acids is 2. The van der Waals surface area contributed by atoms with Gasteiger partial charge in [0.25, 0.3) is 0 Å². The molecule has 2 amide bonds. The Balaban J connectivity index is 2.59. The highest BCUT2D eigenvalue weighted by Gasteiger charge is 2.13. The van der Waals surface area contributed by atoms with Gasteiger partial charge in [0.2, 0.25) is 11.8 Å². The van der Waals surface area contributed by atoms with Crippen LogP contribution in [-0.2, 0) is 16.0 Å². The molecule has 1 aromatic carbocycles. The maximum atomic E-state index is 11.8. The molecule has 20 heavy (non-hydrogen) atoms. The minimum atomic E-state index is -0.202. The van der Waals surface area contributed by atoms with Crippen LogP contribution in [0.5, 0.6) is 5.75 Å². The molecule has 0 aromatic heterocycles. The van der Waals surface area contributed by atoms with Crippen molar-refractivity contribution >= 4 is 35.0 Å². The average Bonchev–Trinajstić information content (AvgIpc) is 2.34. The van der Waals surface area contributed by atoms with Gasteiger partial charge in [-0.25, -0.2) is 0 Å². The molecule has 0 unspecified atom stereocenters. The number of halogens is 2. The van der Waals surface area contributed by atoms with Gasteiger partial charge in [0.1, 0.15) is 5.75 Å². The molecule has 5 nitrogen and oxygen atoms in total. The van der Waals surface area contributed by atoms with Crippen molar-refractivity contribution in [3.05, 3.63) is 27.7 Å². The number of rotatable bonds is 6. The summed E-state index contributed by atoms with van der Waals surface area (Å²) in [6.07, 6.45) is 0.101. The largest absolute Gasteiger partial charge is 0.495 e. The lowest BCUT2D eigenvalue weighted by Gasteiger charge is -2.11. The zero-order valence-electron chi connectivity index (χ0n) is 11.3. The molecule has 0 atom stereocenters. The van der Waals surface area contributed by atoms with Gasteiger partial charge in [-0.1, -0.05) is 23.2 Å². The number of ether oxygens (including phenoxy) is 1. The van der Waals surface area contributed by atoms with Crippen LogP contribution in [0.15, 0.2) is 12.1 Å². The Morgan fingerprint density at radius 2 is 1.85 bits per heavy atom. The smallest absolute Gasteiger partial charge is 0.224 e. The first-order chi connectivity index (χ1) is 9.43. The third-order valence-corrected chi connectivity index (χ3v) is 2.96. The minimum absolute atomic E-state index is 0.101.